The highest BCUT2D eigenvalue weighted by molar-refractivity contribution is 5.76. The first-order chi connectivity index (χ1) is 36.3. The maximum Gasteiger partial charge on any atom is 0.220 e. The minimum Gasteiger partial charge on any atom is -0.394 e. The average molecular weight is 1040 g/mol. The van der Waals surface area contributed by atoms with Crippen molar-refractivity contribution in [2.75, 3.05) is 13.2 Å². The fourth-order valence-electron chi connectivity index (χ4n) is 10.2. The van der Waals surface area contributed by atoms with Crippen molar-refractivity contribution >= 4 is 5.91 Å². The Labute approximate surface area is 456 Å². The molecule has 0 bridgehead atoms. The lowest BCUT2D eigenvalue weighted by molar-refractivity contribution is -0.302. The van der Waals surface area contributed by atoms with Gasteiger partial charge in [-0.15, -0.1) is 0 Å². The van der Waals surface area contributed by atoms with E-state index in [1.807, 2.05) is 0 Å². The van der Waals surface area contributed by atoms with Crippen LogP contribution in [0.3, 0.4) is 0 Å². The van der Waals surface area contributed by atoms with E-state index in [1.165, 1.54) is 212 Å². The van der Waals surface area contributed by atoms with Crippen LogP contribution >= 0.6 is 0 Å². The van der Waals surface area contributed by atoms with Crippen LogP contribution in [0.4, 0.5) is 0 Å². The van der Waals surface area contributed by atoms with Crippen LogP contribution in [0, 0.1) is 0 Å². The van der Waals surface area contributed by atoms with Gasteiger partial charge in [0.05, 0.1) is 25.4 Å². The molecule has 0 aromatic rings. The summed E-state index contributed by atoms with van der Waals surface area (Å²) in [4.78, 5) is 13.1. The molecule has 7 atom stereocenters. The average Bonchev–Trinajstić information content (AvgIpc) is 3.40. The van der Waals surface area contributed by atoms with Gasteiger partial charge in [-0.3, -0.25) is 4.79 Å². The summed E-state index contributed by atoms with van der Waals surface area (Å²) in [6, 6.07) is -0.717. The summed E-state index contributed by atoms with van der Waals surface area (Å²) in [5, 5.41) is 54.7. The Hall–Kier alpha value is -1.85. The van der Waals surface area contributed by atoms with Crippen molar-refractivity contribution in [3.63, 3.8) is 0 Å². The number of nitrogens with one attached hydrogen (secondary N) is 1. The maximum atomic E-state index is 13.1. The lowest BCUT2D eigenvalue weighted by Crippen LogP contribution is -2.60. The summed E-state index contributed by atoms with van der Waals surface area (Å²) < 4.78 is 11.3. The van der Waals surface area contributed by atoms with Crippen LogP contribution in [0.15, 0.2) is 48.6 Å². The van der Waals surface area contributed by atoms with E-state index in [4.69, 9.17) is 9.47 Å². The van der Waals surface area contributed by atoms with Crippen LogP contribution in [-0.2, 0) is 14.3 Å². The van der Waals surface area contributed by atoms with Crippen molar-refractivity contribution in [2.45, 2.75) is 346 Å². The molecule has 1 saturated heterocycles. The van der Waals surface area contributed by atoms with E-state index >= 15 is 0 Å². The lowest BCUT2D eigenvalue weighted by Gasteiger charge is -2.40. The predicted octanol–water partition coefficient (Wildman–Crippen LogP) is 16.5. The molecule has 0 aromatic carbocycles. The highest BCUT2D eigenvalue weighted by Gasteiger charge is 2.44. The van der Waals surface area contributed by atoms with E-state index in [9.17, 15) is 30.3 Å². The quantitative estimate of drug-likeness (QED) is 0.0261. The second kappa shape index (κ2) is 54.5. The van der Waals surface area contributed by atoms with Gasteiger partial charge in [-0.25, -0.2) is 0 Å². The van der Waals surface area contributed by atoms with Gasteiger partial charge in [0.15, 0.2) is 6.29 Å². The molecule has 0 spiro atoms. The first-order valence-corrected chi connectivity index (χ1v) is 31.8. The van der Waals surface area contributed by atoms with Gasteiger partial charge in [0.2, 0.25) is 5.91 Å². The largest absolute Gasteiger partial charge is 0.394 e. The minimum absolute atomic E-state index is 0.134. The van der Waals surface area contributed by atoms with Gasteiger partial charge in [-0.1, -0.05) is 294 Å². The number of carbonyl (C=O) groups is 1. The first kappa shape index (κ1) is 70.2. The molecule has 0 aromatic heterocycles. The molecule has 1 aliphatic heterocycles. The Morgan fingerprint density at radius 2 is 0.838 bits per heavy atom. The first-order valence-electron chi connectivity index (χ1n) is 31.8. The van der Waals surface area contributed by atoms with Crippen LogP contribution in [0.1, 0.15) is 303 Å². The molecule has 0 radical (unpaired) electrons. The molecule has 7 unspecified atom stereocenters. The predicted molar refractivity (Wildman–Crippen MR) is 313 cm³/mol. The van der Waals surface area contributed by atoms with Crippen molar-refractivity contribution in [2.24, 2.45) is 0 Å². The van der Waals surface area contributed by atoms with Crippen LogP contribution in [-0.4, -0.2) is 87.5 Å². The molecule has 1 rings (SSSR count). The van der Waals surface area contributed by atoms with Gasteiger partial charge in [0.25, 0.3) is 0 Å². The number of unbranched alkanes of at least 4 members (excludes halogenated alkanes) is 37. The summed E-state index contributed by atoms with van der Waals surface area (Å²) in [6.07, 6.45) is 65.9. The molecule has 74 heavy (non-hydrogen) atoms. The zero-order valence-corrected chi connectivity index (χ0v) is 48.4. The summed E-state index contributed by atoms with van der Waals surface area (Å²) in [7, 11) is 0. The zero-order chi connectivity index (χ0) is 53.6. The number of hydrogen-bond acceptors (Lipinski definition) is 8. The second-order valence-electron chi connectivity index (χ2n) is 22.2. The fourth-order valence-corrected chi connectivity index (χ4v) is 10.2. The van der Waals surface area contributed by atoms with Crippen molar-refractivity contribution < 1.29 is 39.8 Å². The van der Waals surface area contributed by atoms with Crippen LogP contribution < -0.4 is 5.32 Å². The third-order valence-electron chi connectivity index (χ3n) is 15.2. The Balaban J connectivity index is 2.08. The molecule has 0 saturated carbocycles. The van der Waals surface area contributed by atoms with Crippen LogP contribution in [0.2, 0.25) is 0 Å². The Morgan fingerprint density at radius 1 is 0.473 bits per heavy atom. The maximum absolute atomic E-state index is 13.1. The van der Waals surface area contributed by atoms with Crippen molar-refractivity contribution in [3.8, 4) is 0 Å². The van der Waals surface area contributed by atoms with E-state index in [-0.39, 0.29) is 12.5 Å². The molecule has 1 fully saturated rings. The minimum atomic E-state index is -1.55. The lowest BCUT2D eigenvalue weighted by atomic mass is 9.99. The fraction of sp³-hybridized carbons (Fsp3) is 0.862. The Kier molecular flexibility index (Phi) is 51.7. The number of rotatable bonds is 55. The normalized spacial score (nSPS) is 19.3. The van der Waals surface area contributed by atoms with Gasteiger partial charge < -0.3 is 40.3 Å². The number of aliphatic hydroxyl groups is 5. The van der Waals surface area contributed by atoms with Gasteiger partial charge in [0, 0.05) is 6.42 Å². The zero-order valence-electron chi connectivity index (χ0n) is 48.4. The summed E-state index contributed by atoms with van der Waals surface area (Å²) >= 11 is 0. The molecule has 6 N–H and O–H groups in total. The van der Waals surface area contributed by atoms with E-state index in [0.29, 0.717) is 12.8 Å². The third kappa shape index (κ3) is 43.2. The smallest absolute Gasteiger partial charge is 0.220 e. The highest BCUT2D eigenvalue weighted by Crippen LogP contribution is 2.23. The monoisotopic (exact) mass is 1040 g/mol. The number of hydrogen-bond donors (Lipinski definition) is 6. The van der Waals surface area contributed by atoms with Gasteiger partial charge >= 0.3 is 0 Å². The SMILES string of the molecule is CC/C=C\C/C=C\C/C=C\C/C=C\CCCCCCCCCCCCCCCCCCCCCCCCC(=O)NC(COC1OC(CO)C(O)C(O)C1O)C(O)CCCCCCCCCCCCCCCCCC. The summed E-state index contributed by atoms with van der Waals surface area (Å²) in [5.74, 6) is -0.139. The van der Waals surface area contributed by atoms with Gasteiger partial charge in [-0.2, -0.15) is 0 Å². The molecular weight excluding hydrogens is 923 g/mol. The van der Waals surface area contributed by atoms with Crippen molar-refractivity contribution in [3.05, 3.63) is 48.6 Å². The van der Waals surface area contributed by atoms with E-state index in [0.717, 1.165) is 64.2 Å². The van der Waals surface area contributed by atoms with E-state index < -0.39 is 49.5 Å². The van der Waals surface area contributed by atoms with Crippen molar-refractivity contribution in [1.82, 2.24) is 5.32 Å². The standard InChI is InChI=1S/C65H121NO8/c1-3-5-7-9-11-13-15-17-19-21-22-23-24-25-26-27-28-29-30-31-32-33-34-35-36-37-38-39-41-43-45-47-49-51-53-55-61(69)66-58(57-73-65-64(72)63(71)62(70)60(56-67)74-65)59(68)54-52-50-48-46-44-42-40-20-18-16-14-12-10-8-6-4-2/h5,7,11,13,17,19,22-23,58-60,62-65,67-68,70-72H,3-4,6,8-10,12,14-16,18,20-21,24-57H2,1-2H3,(H,66,69)/b7-5-,13-11-,19-17-,23-22-. The molecule has 9 heteroatoms. The Morgan fingerprint density at radius 3 is 1.24 bits per heavy atom. The molecule has 434 valence electrons. The van der Waals surface area contributed by atoms with Crippen LogP contribution in [0.25, 0.3) is 0 Å². The number of aliphatic hydroxyl groups excluding tert-OH is 5. The molecule has 1 heterocycles. The van der Waals surface area contributed by atoms with Gasteiger partial charge in [0.1, 0.15) is 24.4 Å². The number of allylic oxidation sites excluding steroid dienone is 8. The molecule has 0 aliphatic carbocycles. The van der Waals surface area contributed by atoms with Crippen LogP contribution in [0.5, 0.6) is 0 Å². The Bertz CT molecular complexity index is 1300. The van der Waals surface area contributed by atoms with E-state index in [2.05, 4.69) is 67.8 Å². The molecule has 1 amide bonds. The van der Waals surface area contributed by atoms with Gasteiger partial charge in [-0.05, 0) is 51.4 Å². The topological polar surface area (TPSA) is 149 Å². The number of amides is 1. The van der Waals surface area contributed by atoms with Crippen molar-refractivity contribution in [1.29, 1.82) is 0 Å². The molecule has 9 nitrogen and oxygen atoms in total. The highest BCUT2D eigenvalue weighted by atomic mass is 16.7. The summed E-state index contributed by atoms with van der Waals surface area (Å²) in [6.45, 7) is 3.76. The van der Waals surface area contributed by atoms with E-state index in [1.54, 1.807) is 0 Å². The molecule has 1 aliphatic rings. The third-order valence-corrected chi connectivity index (χ3v) is 15.2. The molecular formula is C65H121NO8. The number of carbonyl (C=O) groups excluding carboxylic acids is 1. The summed E-state index contributed by atoms with van der Waals surface area (Å²) in [5.41, 5.74) is 0. The number of ether oxygens (including phenoxy) is 2. The second-order valence-corrected chi connectivity index (χ2v) is 22.2.